The van der Waals surface area contributed by atoms with Crippen LogP contribution in [0.1, 0.15) is 66.1 Å². The topological polar surface area (TPSA) is 102 Å². The summed E-state index contributed by atoms with van der Waals surface area (Å²) in [7, 11) is 0. The van der Waals surface area contributed by atoms with Crippen LogP contribution in [0.2, 0.25) is 0 Å². The van der Waals surface area contributed by atoms with E-state index in [0.29, 0.717) is 36.6 Å². The van der Waals surface area contributed by atoms with Crippen molar-refractivity contribution in [3.63, 3.8) is 0 Å². The molecule has 1 saturated carbocycles. The average molecular weight is 439 g/mol. The highest BCUT2D eigenvalue weighted by Gasteiger charge is 2.27. The third kappa shape index (κ3) is 5.40. The maximum atomic E-state index is 12.5. The van der Waals surface area contributed by atoms with E-state index in [2.05, 4.69) is 24.3 Å². The first-order valence-corrected chi connectivity index (χ1v) is 11.2. The van der Waals surface area contributed by atoms with Crippen molar-refractivity contribution in [2.45, 2.75) is 56.8 Å². The molecule has 0 bridgehead atoms. The van der Waals surface area contributed by atoms with E-state index in [1.165, 1.54) is 23.3 Å². The third-order valence-electron chi connectivity index (χ3n) is 6.07. The highest BCUT2D eigenvalue weighted by atomic mass is 16.5. The van der Waals surface area contributed by atoms with E-state index in [1.807, 2.05) is 6.92 Å². The number of carboxylic acid groups (broad SMARTS) is 1. The number of hydrogen-bond acceptors (Lipinski definition) is 5. The number of carbonyl (C=O) groups is 2. The van der Waals surface area contributed by atoms with Crippen LogP contribution in [-0.4, -0.2) is 47.3 Å². The molecule has 1 aliphatic carbocycles. The Morgan fingerprint density at radius 2 is 1.75 bits per heavy atom. The predicted molar refractivity (Wildman–Crippen MR) is 120 cm³/mol. The standard InChI is InChI=1S/C25H30N2O5/c1-16(26)23(19-8-6-18(7-9-19)17-4-5-17)31-21-12-10-20(11-13-21)24(28)32-22-3-2-14-27(15-22)25(29)30/h6-13,16-17,22-23H,2-5,14-15,26H2,1H3,(H,29,30)/t16-,22-,23-/m0/s1. The summed E-state index contributed by atoms with van der Waals surface area (Å²) in [5.41, 5.74) is 8.98. The fourth-order valence-electron chi connectivity index (χ4n) is 4.10. The molecule has 1 aliphatic heterocycles. The molecule has 1 amide bonds. The zero-order valence-corrected chi connectivity index (χ0v) is 18.3. The van der Waals surface area contributed by atoms with Crippen molar-refractivity contribution in [3.05, 3.63) is 65.2 Å². The van der Waals surface area contributed by atoms with Gasteiger partial charge < -0.3 is 25.2 Å². The fourth-order valence-corrected chi connectivity index (χ4v) is 4.10. The first-order chi connectivity index (χ1) is 15.4. The second kappa shape index (κ2) is 9.61. The molecule has 2 fully saturated rings. The zero-order valence-electron chi connectivity index (χ0n) is 18.3. The minimum Gasteiger partial charge on any atom is -0.484 e. The number of nitrogens with zero attached hydrogens (tertiary/aromatic N) is 1. The predicted octanol–water partition coefficient (Wildman–Crippen LogP) is 4.33. The zero-order chi connectivity index (χ0) is 22.7. The SMILES string of the molecule is C[C@H](N)[C@H](Oc1ccc(C(=O)O[C@H]2CCCN(C(=O)O)C2)cc1)c1ccc(C2CC2)cc1. The summed E-state index contributed by atoms with van der Waals surface area (Å²) in [6, 6.07) is 15.0. The van der Waals surface area contributed by atoms with Gasteiger partial charge in [0.25, 0.3) is 0 Å². The number of carbonyl (C=O) groups excluding carboxylic acids is 1. The molecule has 7 heteroatoms. The van der Waals surface area contributed by atoms with Gasteiger partial charge in [-0.05, 0) is 73.9 Å². The Kier molecular flexibility index (Phi) is 6.65. The number of hydrogen-bond donors (Lipinski definition) is 2. The quantitative estimate of drug-likeness (QED) is 0.624. The van der Waals surface area contributed by atoms with Gasteiger partial charge >= 0.3 is 12.1 Å². The summed E-state index contributed by atoms with van der Waals surface area (Å²) < 4.78 is 11.7. The summed E-state index contributed by atoms with van der Waals surface area (Å²) in [6.45, 7) is 2.59. The van der Waals surface area contributed by atoms with Crippen LogP contribution in [0, 0.1) is 0 Å². The first-order valence-electron chi connectivity index (χ1n) is 11.2. The molecule has 0 aromatic heterocycles. The summed E-state index contributed by atoms with van der Waals surface area (Å²) in [5, 5.41) is 9.13. The molecule has 32 heavy (non-hydrogen) atoms. The van der Waals surface area contributed by atoms with Crippen molar-refractivity contribution in [2.75, 3.05) is 13.1 Å². The number of piperidine rings is 1. The van der Waals surface area contributed by atoms with Crippen LogP contribution in [0.4, 0.5) is 4.79 Å². The highest BCUT2D eigenvalue weighted by molar-refractivity contribution is 5.89. The first kappa shape index (κ1) is 22.1. The molecule has 3 N–H and O–H groups in total. The lowest BCUT2D eigenvalue weighted by Crippen LogP contribution is -2.43. The molecule has 1 saturated heterocycles. The minimum absolute atomic E-state index is 0.206. The van der Waals surface area contributed by atoms with Crippen molar-refractivity contribution < 1.29 is 24.2 Å². The number of ether oxygens (including phenoxy) is 2. The number of nitrogens with two attached hydrogens (primary N) is 1. The highest BCUT2D eigenvalue weighted by Crippen LogP contribution is 2.40. The van der Waals surface area contributed by atoms with Crippen LogP contribution in [-0.2, 0) is 4.74 Å². The average Bonchev–Trinajstić information content (AvgIpc) is 3.63. The van der Waals surface area contributed by atoms with Crippen molar-refractivity contribution >= 4 is 12.1 Å². The number of rotatable bonds is 7. The molecule has 0 radical (unpaired) electrons. The second-order valence-corrected chi connectivity index (χ2v) is 8.76. The molecule has 2 aromatic carbocycles. The van der Waals surface area contributed by atoms with E-state index in [9.17, 15) is 9.59 Å². The molecule has 2 aliphatic rings. The van der Waals surface area contributed by atoms with E-state index in [1.54, 1.807) is 24.3 Å². The summed E-state index contributed by atoms with van der Waals surface area (Å²) in [4.78, 5) is 24.9. The Balaban J connectivity index is 1.37. The monoisotopic (exact) mass is 438 g/mol. The lowest BCUT2D eigenvalue weighted by Gasteiger charge is -2.30. The summed E-state index contributed by atoms with van der Waals surface area (Å²) in [6.07, 6.45) is 2.15. The number of benzene rings is 2. The Morgan fingerprint density at radius 1 is 1.06 bits per heavy atom. The van der Waals surface area contributed by atoms with E-state index < -0.39 is 18.2 Å². The van der Waals surface area contributed by atoms with Gasteiger partial charge in [-0.3, -0.25) is 0 Å². The van der Waals surface area contributed by atoms with Gasteiger partial charge in [0, 0.05) is 12.6 Å². The largest absolute Gasteiger partial charge is 0.484 e. The van der Waals surface area contributed by atoms with Gasteiger partial charge in [-0.1, -0.05) is 24.3 Å². The molecule has 0 unspecified atom stereocenters. The number of likely N-dealkylation sites (tertiary alicyclic amines) is 1. The van der Waals surface area contributed by atoms with Crippen LogP contribution in [0.25, 0.3) is 0 Å². The molecule has 1 heterocycles. The normalized spacial score (nSPS) is 20.3. The molecule has 0 spiro atoms. The van der Waals surface area contributed by atoms with Crippen LogP contribution in [0.3, 0.4) is 0 Å². The third-order valence-corrected chi connectivity index (χ3v) is 6.07. The smallest absolute Gasteiger partial charge is 0.407 e. The van der Waals surface area contributed by atoms with E-state index in [-0.39, 0.29) is 18.7 Å². The number of amides is 1. The molecule has 4 rings (SSSR count). The van der Waals surface area contributed by atoms with Gasteiger partial charge in [0.15, 0.2) is 0 Å². The Morgan fingerprint density at radius 3 is 2.34 bits per heavy atom. The summed E-state index contributed by atoms with van der Waals surface area (Å²) in [5.74, 6) is 0.852. The molecule has 170 valence electrons. The maximum absolute atomic E-state index is 12.5. The second-order valence-electron chi connectivity index (χ2n) is 8.76. The van der Waals surface area contributed by atoms with Gasteiger partial charge in [-0.15, -0.1) is 0 Å². The lowest BCUT2D eigenvalue weighted by molar-refractivity contribution is 0.00841. The number of esters is 1. The lowest BCUT2D eigenvalue weighted by atomic mass is 10.0. The van der Waals surface area contributed by atoms with E-state index in [0.717, 1.165) is 5.56 Å². The fraction of sp³-hybridized carbons (Fsp3) is 0.440. The van der Waals surface area contributed by atoms with Gasteiger partial charge in [0.05, 0.1) is 12.1 Å². The van der Waals surface area contributed by atoms with Gasteiger partial charge in [-0.2, -0.15) is 0 Å². The molecule has 2 aromatic rings. The Labute approximate surface area is 188 Å². The Bertz CT molecular complexity index is 938. The van der Waals surface area contributed by atoms with E-state index >= 15 is 0 Å². The molecule has 7 nitrogen and oxygen atoms in total. The van der Waals surface area contributed by atoms with Gasteiger partial charge in [0.1, 0.15) is 18.0 Å². The van der Waals surface area contributed by atoms with Crippen molar-refractivity contribution in [1.82, 2.24) is 4.90 Å². The van der Waals surface area contributed by atoms with Crippen LogP contribution >= 0.6 is 0 Å². The van der Waals surface area contributed by atoms with Crippen LogP contribution in [0.5, 0.6) is 5.75 Å². The van der Waals surface area contributed by atoms with Gasteiger partial charge in [-0.25, -0.2) is 9.59 Å². The maximum Gasteiger partial charge on any atom is 0.407 e. The van der Waals surface area contributed by atoms with Gasteiger partial charge in [0.2, 0.25) is 0 Å². The van der Waals surface area contributed by atoms with Crippen LogP contribution < -0.4 is 10.5 Å². The molecule has 3 atom stereocenters. The van der Waals surface area contributed by atoms with E-state index in [4.69, 9.17) is 20.3 Å². The van der Waals surface area contributed by atoms with Crippen molar-refractivity contribution in [2.24, 2.45) is 5.73 Å². The summed E-state index contributed by atoms with van der Waals surface area (Å²) >= 11 is 0. The molecular formula is C25H30N2O5. The van der Waals surface area contributed by atoms with Crippen molar-refractivity contribution in [1.29, 1.82) is 0 Å². The Hall–Kier alpha value is -3.06. The minimum atomic E-state index is -0.988. The van der Waals surface area contributed by atoms with Crippen molar-refractivity contribution in [3.8, 4) is 5.75 Å². The van der Waals surface area contributed by atoms with Crippen LogP contribution in [0.15, 0.2) is 48.5 Å². The molecular weight excluding hydrogens is 408 g/mol.